The van der Waals surface area contributed by atoms with Gasteiger partial charge in [-0.3, -0.25) is 14.9 Å². The van der Waals surface area contributed by atoms with Crippen molar-refractivity contribution in [2.45, 2.75) is 19.8 Å². The number of nitro benzene ring substituents is 1. The topological polar surface area (TPSA) is 85.4 Å². The quantitative estimate of drug-likeness (QED) is 0.503. The van der Waals surface area contributed by atoms with Crippen LogP contribution in [0.3, 0.4) is 0 Å². The summed E-state index contributed by atoms with van der Waals surface area (Å²) in [5.74, 6) is 0.563. The van der Waals surface area contributed by atoms with Crippen molar-refractivity contribution in [3.8, 4) is 0 Å². The van der Waals surface area contributed by atoms with Crippen molar-refractivity contribution in [3.63, 3.8) is 0 Å². The summed E-state index contributed by atoms with van der Waals surface area (Å²) in [6, 6.07) is 8.17. The van der Waals surface area contributed by atoms with Gasteiger partial charge in [-0.1, -0.05) is 6.07 Å². The summed E-state index contributed by atoms with van der Waals surface area (Å²) in [6.07, 6.45) is 3.09. The average molecular weight is 288 g/mol. The fourth-order valence-electron chi connectivity index (χ4n) is 1.97. The van der Waals surface area contributed by atoms with Crippen molar-refractivity contribution in [2.24, 2.45) is 0 Å². The molecule has 1 amide bonds. The molecule has 0 saturated carbocycles. The second kappa shape index (κ2) is 6.69. The number of rotatable bonds is 6. The minimum absolute atomic E-state index is 0.0433. The van der Waals surface area contributed by atoms with Gasteiger partial charge in [0.05, 0.1) is 11.2 Å². The summed E-state index contributed by atoms with van der Waals surface area (Å²) in [4.78, 5) is 22.3. The summed E-state index contributed by atoms with van der Waals surface area (Å²) < 4.78 is 5.19. The molecule has 0 radical (unpaired) electrons. The van der Waals surface area contributed by atoms with Gasteiger partial charge in [-0.15, -0.1) is 0 Å². The van der Waals surface area contributed by atoms with Crippen LogP contribution < -0.4 is 5.32 Å². The number of benzene rings is 1. The highest BCUT2D eigenvalue weighted by atomic mass is 16.6. The number of carbonyl (C=O) groups excluding carboxylic acids is 1. The van der Waals surface area contributed by atoms with Crippen LogP contribution in [-0.2, 0) is 6.42 Å². The highest BCUT2D eigenvalue weighted by Crippen LogP contribution is 2.19. The van der Waals surface area contributed by atoms with Gasteiger partial charge in [-0.25, -0.2) is 0 Å². The lowest BCUT2D eigenvalue weighted by molar-refractivity contribution is -0.385. The Morgan fingerprint density at radius 1 is 1.38 bits per heavy atom. The molecule has 0 bridgehead atoms. The van der Waals surface area contributed by atoms with Crippen LogP contribution in [0, 0.1) is 17.0 Å². The Kier molecular flexibility index (Phi) is 4.71. The Labute approximate surface area is 121 Å². The van der Waals surface area contributed by atoms with Gasteiger partial charge in [0.25, 0.3) is 11.6 Å². The number of carbonyl (C=O) groups is 1. The van der Waals surface area contributed by atoms with Crippen molar-refractivity contribution in [3.05, 3.63) is 63.6 Å². The van der Waals surface area contributed by atoms with E-state index in [0.29, 0.717) is 17.7 Å². The molecule has 6 heteroatoms. The normalized spacial score (nSPS) is 10.3. The molecule has 0 fully saturated rings. The maximum atomic E-state index is 11.9. The molecular formula is C15H16N2O4. The van der Waals surface area contributed by atoms with E-state index in [1.807, 2.05) is 12.1 Å². The predicted octanol–water partition coefficient (Wildman–Crippen LogP) is 2.86. The van der Waals surface area contributed by atoms with Gasteiger partial charge in [-0.2, -0.15) is 0 Å². The smallest absolute Gasteiger partial charge is 0.273 e. The number of aryl methyl sites for hydroxylation is 2. The van der Waals surface area contributed by atoms with Crippen LogP contribution in [0.25, 0.3) is 0 Å². The number of nitrogens with zero attached hydrogens (tertiary/aromatic N) is 1. The molecule has 2 aromatic rings. The minimum Gasteiger partial charge on any atom is -0.469 e. The summed E-state index contributed by atoms with van der Waals surface area (Å²) in [5.41, 5.74) is 0.790. The molecule has 0 aliphatic rings. The first kappa shape index (κ1) is 14.8. The Hall–Kier alpha value is -2.63. The fourth-order valence-corrected chi connectivity index (χ4v) is 1.97. The van der Waals surface area contributed by atoms with Gasteiger partial charge >= 0.3 is 0 Å². The van der Waals surface area contributed by atoms with E-state index in [1.165, 1.54) is 6.07 Å². The maximum absolute atomic E-state index is 11.9. The molecule has 0 spiro atoms. The SMILES string of the molecule is Cc1ccc(C(=O)NCCCc2ccco2)cc1[N+](=O)[O-]. The van der Waals surface area contributed by atoms with E-state index in [9.17, 15) is 14.9 Å². The molecule has 6 nitrogen and oxygen atoms in total. The lowest BCUT2D eigenvalue weighted by atomic mass is 10.1. The zero-order valence-corrected chi connectivity index (χ0v) is 11.7. The third kappa shape index (κ3) is 3.92. The standard InChI is InChI=1S/C15H16N2O4/c1-11-6-7-12(10-14(11)17(19)20)15(18)16-8-2-4-13-5-3-9-21-13/h3,5-7,9-10H,2,4,8H2,1H3,(H,16,18). The zero-order chi connectivity index (χ0) is 15.2. The molecule has 0 aliphatic heterocycles. The number of hydrogen-bond acceptors (Lipinski definition) is 4. The lowest BCUT2D eigenvalue weighted by Crippen LogP contribution is -2.24. The van der Waals surface area contributed by atoms with Crippen molar-refractivity contribution in [1.82, 2.24) is 5.32 Å². The third-order valence-electron chi connectivity index (χ3n) is 3.13. The Bertz CT molecular complexity index is 635. The average Bonchev–Trinajstić information content (AvgIpc) is 2.96. The van der Waals surface area contributed by atoms with Gasteiger partial charge in [0, 0.05) is 30.2 Å². The lowest BCUT2D eigenvalue weighted by Gasteiger charge is -2.05. The first-order valence-electron chi connectivity index (χ1n) is 6.63. The highest BCUT2D eigenvalue weighted by molar-refractivity contribution is 5.94. The van der Waals surface area contributed by atoms with Crippen LogP contribution in [0.5, 0.6) is 0 Å². The molecule has 0 saturated heterocycles. The molecule has 0 aliphatic carbocycles. The number of hydrogen-bond donors (Lipinski definition) is 1. The first-order valence-corrected chi connectivity index (χ1v) is 6.63. The van der Waals surface area contributed by atoms with Gasteiger partial charge in [-0.05, 0) is 31.5 Å². The van der Waals surface area contributed by atoms with E-state index >= 15 is 0 Å². The molecule has 0 unspecified atom stereocenters. The first-order chi connectivity index (χ1) is 10.1. The van der Waals surface area contributed by atoms with Crippen molar-refractivity contribution in [2.75, 3.05) is 6.54 Å². The molecule has 1 aromatic heterocycles. The van der Waals surface area contributed by atoms with Crippen LogP contribution in [0.1, 0.15) is 28.1 Å². The molecule has 21 heavy (non-hydrogen) atoms. The number of nitro groups is 1. The van der Waals surface area contributed by atoms with E-state index < -0.39 is 4.92 Å². The molecule has 1 aromatic carbocycles. The Morgan fingerprint density at radius 2 is 2.19 bits per heavy atom. The second-order valence-electron chi connectivity index (χ2n) is 4.70. The van der Waals surface area contributed by atoms with Gasteiger partial charge in [0.15, 0.2) is 0 Å². The van der Waals surface area contributed by atoms with Gasteiger partial charge < -0.3 is 9.73 Å². The molecule has 110 valence electrons. The number of amides is 1. The van der Waals surface area contributed by atoms with E-state index in [-0.39, 0.29) is 11.6 Å². The molecule has 2 rings (SSSR count). The van der Waals surface area contributed by atoms with E-state index in [0.717, 1.165) is 18.6 Å². The maximum Gasteiger partial charge on any atom is 0.273 e. The summed E-state index contributed by atoms with van der Waals surface area (Å²) >= 11 is 0. The van der Waals surface area contributed by atoms with Gasteiger partial charge in [0.2, 0.25) is 0 Å². The van der Waals surface area contributed by atoms with Crippen molar-refractivity contribution in [1.29, 1.82) is 0 Å². The van der Waals surface area contributed by atoms with E-state index in [4.69, 9.17) is 4.42 Å². The summed E-state index contributed by atoms with van der Waals surface area (Å²) in [7, 11) is 0. The van der Waals surface area contributed by atoms with Crippen molar-refractivity contribution < 1.29 is 14.1 Å². The van der Waals surface area contributed by atoms with E-state index in [1.54, 1.807) is 25.3 Å². The van der Waals surface area contributed by atoms with Gasteiger partial charge in [0.1, 0.15) is 5.76 Å². The van der Waals surface area contributed by atoms with Crippen LogP contribution in [0.15, 0.2) is 41.0 Å². The Morgan fingerprint density at radius 3 is 2.86 bits per heavy atom. The van der Waals surface area contributed by atoms with Crippen molar-refractivity contribution >= 4 is 11.6 Å². The fraction of sp³-hybridized carbons (Fsp3) is 0.267. The largest absolute Gasteiger partial charge is 0.469 e. The molecule has 1 heterocycles. The summed E-state index contributed by atoms with van der Waals surface area (Å²) in [5, 5.41) is 13.6. The van der Waals surface area contributed by atoms with Crippen LogP contribution in [-0.4, -0.2) is 17.4 Å². The van der Waals surface area contributed by atoms with Crippen LogP contribution in [0.2, 0.25) is 0 Å². The highest BCUT2D eigenvalue weighted by Gasteiger charge is 2.14. The monoisotopic (exact) mass is 288 g/mol. The Balaban J connectivity index is 1.88. The molecule has 1 N–H and O–H groups in total. The molecule has 0 atom stereocenters. The van der Waals surface area contributed by atoms with E-state index in [2.05, 4.69) is 5.32 Å². The number of nitrogens with one attached hydrogen (secondary N) is 1. The number of furan rings is 1. The van der Waals surface area contributed by atoms with Crippen LogP contribution >= 0.6 is 0 Å². The predicted molar refractivity (Wildman–Crippen MR) is 77.2 cm³/mol. The minimum atomic E-state index is -0.483. The summed E-state index contributed by atoms with van der Waals surface area (Å²) in [6.45, 7) is 2.13. The molecular weight excluding hydrogens is 272 g/mol. The third-order valence-corrected chi connectivity index (χ3v) is 3.13. The van der Waals surface area contributed by atoms with Crippen LogP contribution in [0.4, 0.5) is 5.69 Å². The second-order valence-corrected chi connectivity index (χ2v) is 4.70. The zero-order valence-electron chi connectivity index (χ0n) is 11.7.